The minimum atomic E-state index is -0.178. The van der Waals surface area contributed by atoms with Crippen LogP contribution >= 0.6 is 0 Å². The average molecular weight is 380 g/mol. The zero-order chi connectivity index (χ0) is 19.9. The van der Waals surface area contributed by atoms with E-state index in [4.69, 9.17) is 0 Å². The van der Waals surface area contributed by atoms with Crippen molar-refractivity contribution in [1.29, 1.82) is 0 Å². The fourth-order valence-corrected chi connectivity index (χ4v) is 4.91. The summed E-state index contributed by atoms with van der Waals surface area (Å²) in [6, 6.07) is 10.7. The molecule has 0 atom stereocenters. The molecule has 1 aliphatic heterocycles. The van der Waals surface area contributed by atoms with Gasteiger partial charge in [-0.2, -0.15) is 0 Å². The Hall–Kier alpha value is -2.47. The van der Waals surface area contributed by atoms with E-state index in [0.29, 0.717) is 6.54 Å². The average Bonchev–Trinajstić information content (AvgIpc) is 2.99. The SMILES string of the molecule is Cc1ncc(N2CC3(CCC(c4ccccc4)(N(C)C)CC3)NC2=O)c(C)n1. The molecule has 6 nitrogen and oxygen atoms in total. The molecule has 6 heteroatoms. The van der Waals surface area contributed by atoms with Crippen LogP contribution in [0.4, 0.5) is 10.5 Å². The van der Waals surface area contributed by atoms with Crippen LogP contribution in [0.25, 0.3) is 0 Å². The second-order valence-corrected chi connectivity index (χ2v) is 8.48. The second-order valence-electron chi connectivity index (χ2n) is 8.48. The summed E-state index contributed by atoms with van der Waals surface area (Å²) in [6.07, 6.45) is 5.71. The number of benzene rings is 1. The highest BCUT2D eigenvalue weighted by molar-refractivity contribution is 5.95. The first kappa shape index (κ1) is 18.9. The number of carbonyl (C=O) groups excluding carboxylic acids is 1. The molecule has 2 aromatic rings. The van der Waals surface area contributed by atoms with Gasteiger partial charge in [0, 0.05) is 5.54 Å². The predicted molar refractivity (Wildman–Crippen MR) is 110 cm³/mol. The molecule has 1 saturated heterocycles. The van der Waals surface area contributed by atoms with Crippen LogP contribution in [0.2, 0.25) is 0 Å². The van der Waals surface area contributed by atoms with Crippen molar-refractivity contribution >= 4 is 11.7 Å². The number of nitrogens with one attached hydrogen (secondary N) is 1. The van der Waals surface area contributed by atoms with Crippen molar-refractivity contribution in [2.24, 2.45) is 0 Å². The van der Waals surface area contributed by atoms with E-state index in [2.05, 4.69) is 64.6 Å². The molecule has 1 aliphatic carbocycles. The lowest BCUT2D eigenvalue weighted by Gasteiger charge is -2.48. The zero-order valence-electron chi connectivity index (χ0n) is 17.2. The second kappa shape index (κ2) is 6.85. The third-order valence-corrected chi connectivity index (χ3v) is 6.64. The molecular weight excluding hydrogens is 350 g/mol. The lowest BCUT2D eigenvalue weighted by Crippen LogP contribution is -2.54. The highest BCUT2D eigenvalue weighted by Gasteiger charge is 2.50. The van der Waals surface area contributed by atoms with E-state index in [9.17, 15) is 4.79 Å². The quantitative estimate of drug-likeness (QED) is 0.888. The van der Waals surface area contributed by atoms with Crippen LogP contribution in [0.3, 0.4) is 0 Å². The van der Waals surface area contributed by atoms with Crippen LogP contribution in [0.1, 0.15) is 42.8 Å². The Kier molecular flexibility index (Phi) is 4.62. The number of nitrogens with zero attached hydrogens (tertiary/aromatic N) is 4. The number of urea groups is 1. The van der Waals surface area contributed by atoms with Crippen molar-refractivity contribution in [3.63, 3.8) is 0 Å². The molecule has 2 fully saturated rings. The van der Waals surface area contributed by atoms with Gasteiger partial charge in [-0.1, -0.05) is 30.3 Å². The van der Waals surface area contributed by atoms with Gasteiger partial charge < -0.3 is 5.32 Å². The smallest absolute Gasteiger partial charge is 0.322 e. The standard InChI is InChI=1S/C22H29N5O/c1-16-19(14-23-17(2)24-16)27-15-21(25-20(27)28)10-12-22(13-11-21,26(3)4)18-8-6-5-7-9-18/h5-9,14H,10-13,15H2,1-4H3,(H,25,28). The summed E-state index contributed by atoms with van der Waals surface area (Å²) in [5.74, 6) is 0.729. The number of hydrogen-bond acceptors (Lipinski definition) is 4. The van der Waals surface area contributed by atoms with Gasteiger partial charge >= 0.3 is 6.03 Å². The normalized spacial score (nSPS) is 27.5. The number of aromatic nitrogens is 2. The Morgan fingerprint density at radius 3 is 2.36 bits per heavy atom. The highest BCUT2D eigenvalue weighted by Crippen LogP contribution is 2.46. The third kappa shape index (κ3) is 3.05. The summed E-state index contributed by atoms with van der Waals surface area (Å²) in [5, 5.41) is 3.30. The van der Waals surface area contributed by atoms with Gasteiger partial charge in [-0.15, -0.1) is 0 Å². The number of aryl methyl sites for hydroxylation is 2. The monoisotopic (exact) mass is 379 g/mol. The molecule has 0 bridgehead atoms. The first-order valence-corrected chi connectivity index (χ1v) is 9.98. The predicted octanol–water partition coefficient (Wildman–Crippen LogP) is 3.39. The molecular formula is C22H29N5O. The van der Waals surface area contributed by atoms with Crippen molar-refractivity contribution in [1.82, 2.24) is 20.2 Å². The maximum Gasteiger partial charge on any atom is 0.322 e. The van der Waals surface area contributed by atoms with Gasteiger partial charge in [0.1, 0.15) is 5.82 Å². The zero-order valence-corrected chi connectivity index (χ0v) is 17.2. The van der Waals surface area contributed by atoms with Crippen molar-refractivity contribution in [2.75, 3.05) is 25.5 Å². The minimum Gasteiger partial charge on any atom is -0.330 e. The Labute approximate surface area is 167 Å². The molecule has 1 spiro atoms. The number of carbonyl (C=O) groups is 1. The van der Waals surface area contributed by atoms with Crippen LogP contribution < -0.4 is 10.2 Å². The van der Waals surface area contributed by atoms with E-state index in [1.165, 1.54) is 5.56 Å². The van der Waals surface area contributed by atoms with Crippen molar-refractivity contribution in [3.05, 3.63) is 53.6 Å². The Morgan fingerprint density at radius 2 is 1.75 bits per heavy atom. The van der Waals surface area contributed by atoms with E-state index in [-0.39, 0.29) is 17.1 Å². The molecule has 148 valence electrons. The maximum atomic E-state index is 12.8. The molecule has 2 amide bonds. The first-order chi connectivity index (χ1) is 13.4. The Bertz CT molecular complexity index is 872. The van der Waals surface area contributed by atoms with E-state index in [1.807, 2.05) is 18.7 Å². The number of amides is 2. The number of rotatable bonds is 3. The van der Waals surface area contributed by atoms with Crippen LogP contribution in [-0.2, 0) is 5.54 Å². The largest absolute Gasteiger partial charge is 0.330 e. The van der Waals surface area contributed by atoms with Gasteiger partial charge in [-0.05, 0) is 59.2 Å². The molecule has 1 N–H and O–H groups in total. The molecule has 28 heavy (non-hydrogen) atoms. The molecule has 4 rings (SSSR count). The van der Waals surface area contributed by atoms with Gasteiger partial charge in [0.15, 0.2) is 0 Å². The molecule has 1 aromatic heterocycles. The van der Waals surface area contributed by atoms with Crippen LogP contribution in [0.15, 0.2) is 36.5 Å². The van der Waals surface area contributed by atoms with Gasteiger partial charge in [-0.3, -0.25) is 9.80 Å². The summed E-state index contributed by atoms with van der Waals surface area (Å²) >= 11 is 0. The summed E-state index contributed by atoms with van der Waals surface area (Å²) in [5.41, 5.74) is 2.87. The Balaban J connectivity index is 1.56. The van der Waals surface area contributed by atoms with Crippen LogP contribution in [0, 0.1) is 13.8 Å². The summed E-state index contributed by atoms with van der Waals surface area (Å²) < 4.78 is 0. The van der Waals surface area contributed by atoms with Crippen molar-refractivity contribution in [3.8, 4) is 0 Å². The van der Waals surface area contributed by atoms with Gasteiger partial charge in [-0.25, -0.2) is 14.8 Å². The van der Waals surface area contributed by atoms with Gasteiger partial charge in [0.05, 0.1) is 29.7 Å². The summed E-state index contributed by atoms with van der Waals surface area (Å²) in [7, 11) is 4.33. The molecule has 0 unspecified atom stereocenters. The van der Waals surface area contributed by atoms with E-state index in [1.54, 1.807) is 6.20 Å². The van der Waals surface area contributed by atoms with E-state index in [0.717, 1.165) is 42.9 Å². The fourth-order valence-electron chi connectivity index (χ4n) is 4.91. The minimum absolute atomic E-state index is 0.0214. The molecule has 0 radical (unpaired) electrons. The summed E-state index contributed by atoms with van der Waals surface area (Å²) in [6.45, 7) is 4.49. The number of hydrogen-bond donors (Lipinski definition) is 1. The van der Waals surface area contributed by atoms with Crippen molar-refractivity contribution in [2.45, 2.75) is 50.6 Å². The first-order valence-electron chi connectivity index (χ1n) is 9.98. The third-order valence-electron chi connectivity index (χ3n) is 6.64. The lowest BCUT2D eigenvalue weighted by molar-refractivity contribution is 0.0658. The lowest BCUT2D eigenvalue weighted by atomic mass is 9.69. The fraction of sp³-hybridized carbons (Fsp3) is 0.500. The molecule has 1 aromatic carbocycles. The topological polar surface area (TPSA) is 61.4 Å². The molecule has 2 heterocycles. The molecule has 1 saturated carbocycles. The van der Waals surface area contributed by atoms with Crippen molar-refractivity contribution < 1.29 is 4.79 Å². The van der Waals surface area contributed by atoms with Crippen LogP contribution in [-0.4, -0.2) is 47.1 Å². The van der Waals surface area contributed by atoms with E-state index < -0.39 is 0 Å². The van der Waals surface area contributed by atoms with Gasteiger partial charge in [0.25, 0.3) is 0 Å². The van der Waals surface area contributed by atoms with Crippen LogP contribution in [0.5, 0.6) is 0 Å². The Morgan fingerprint density at radius 1 is 1.07 bits per heavy atom. The van der Waals surface area contributed by atoms with E-state index >= 15 is 0 Å². The molecule has 2 aliphatic rings. The highest BCUT2D eigenvalue weighted by atomic mass is 16.2. The summed E-state index contributed by atoms with van der Waals surface area (Å²) in [4.78, 5) is 25.7. The maximum absolute atomic E-state index is 12.8. The number of anilines is 1. The van der Waals surface area contributed by atoms with Gasteiger partial charge in [0.2, 0.25) is 0 Å².